The highest BCUT2D eigenvalue weighted by molar-refractivity contribution is 5.66. The smallest absolute Gasteiger partial charge is 0.222 e. The summed E-state index contributed by atoms with van der Waals surface area (Å²) in [6.07, 6.45) is 3.21. The van der Waals surface area contributed by atoms with Crippen LogP contribution in [0.15, 0.2) is 59.4 Å². The van der Waals surface area contributed by atoms with Gasteiger partial charge < -0.3 is 15.5 Å². The average Bonchev–Trinajstić information content (AvgIpc) is 2.93. The van der Waals surface area contributed by atoms with Gasteiger partial charge in [0.25, 0.3) is 0 Å². The van der Waals surface area contributed by atoms with Crippen LogP contribution in [-0.4, -0.2) is 9.97 Å². The third-order valence-electron chi connectivity index (χ3n) is 2.61. The van der Waals surface area contributed by atoms with E-state index in [0.717, 1.165) is 16.9 Å². The largest absolute Gasteiger partial charge is 0.472 e. The topological polar surface area (TPSA) is 77.0 Å². The Hall–Kier alpha value is -2.82. The van der Waals surface area contributed by atoms with Gasteiger partial charge >= 0.3 is 0 Å². The zero-order valence-corrected chi connectivity index (χ0v) is 10.1. The molecule has 0 aliphatic carbocycles. The molecule has 3 N–H and O–H groups in total. The Bertz CT molecular complexity index is 665. The monoisotopic (exact) mass is 252 g/mol. The lowest BCUT2D eigenvalue weighted by Crippen LogP contribution is -2.01. The Kier molecular flexibility index (Phi) is 2.86. The molecule has 0 bridgehead atoms. The number of nitrogens with two attached hydrogens (primary N) is 1. The maximum absolute atomic E-state index is 5.73. The molecule has 3 aromatic rings. The van der Waals surface area contributed by atoms with Gasteiger partial charge in [-0.2, -0.15) is 4.98 Å². The van der Waals surface area contributed by atoms with E-state index in [1.807, 2.05) is 42.5 Å². The van der Waals surface area contributed by atoms with E-state index in [0.29, 0.717) is 5.82 Å². The van der Waals surface area contributed by atoms with Crippen molar-refractivity contribution < 1.29 is 4.42 Å². The number of nitrogens with zero attached hydrogens (tertiary/aromatic N) is 2. The number of furan rings is 1. The normalized spacial score (nSPS) is 10.3. The molecule has 0 radical (unpaired) electrons. The fourth-order valence-electron chi connectivity index (χ4n) is 1.76. The van der Waals surface area contributed by atoms with E-state index in [1.165, 1.54) is 0 Å². The molecule has 3 rings (SSSR count). The highest BCUT2D eigenvalue weighted by Gasteiger charge is 2.06. The van der Waals surface area contributed by atoms with Gasteiger partial charge in [-0.25, -0.2) is 4.98 Å². The molecule has 2 aromatic heterocycles. The molecule has 0 aliphatic rings. The van der Waals surface area contributed by atoms with E-state index in [1.54, 1.807) is 12.5 Å². The van der Waals surface area contributed by atoms with Crippen molar-refractivity contribution in [3.8, 4) is 11.3 Å². The van der Waals surface area contributed by atoms with Crippen LogP contribution in [0.3, 0.4) is 0 Å². The van der Waals surface area contributed by atoms with Crippen molar-refractivity contribution in [3.05, 3.63) is 55.0 Å². The zero-order chi connectivity index (χ0) is 13.1. The lowest BCUT2D eigenvalue weighted by molar-refractivity contribution is 0.568. The Labute approximate surface area is 110 Å². The van der Waals surface area contributed by atoms with Gasteiger partial charge in [-0.05, 0) is 18.2 Å². The van der Waals surface area contributed by atoms with Crippen molar-refractivity contribution in [1.29, 1.82) is 0 Å². The van der Waals surface area contributed by atoms with E-state index in [2.05, 4.69) is 15.3 Å². The van der Waals surface area contributed by atoms with Crippen LogP contribution in [0, 0.1) is 0 Å². The molecule has 0 aliphatic heterocycles. The minimum absolute atomic E-state index is 0.220. The summed E-state index contributed by atoms with van der Waals surface area (Å²) >= 11 is 0. The van der Waals surface area contributed by atoms with Crippen LogP contribution in [-0.2, 0) is 0 Å². The molecule has 0 fully saturated rings. The molecule has 0 amide bonds. The second-order valence-corrected chi connectivity index (χ2v) is 4.00. The van der Waals surface area contributed by atoms with E-state index in [-0.39, 0.29) is 5.95 Å². The molecule has 0 spiro atoms. The summed E-state index contributed by atoms with van der Waals surface area (Å²) < 4.78 is 5.05. The van der Waals surface area contributed by atoms with Crippen LogP contribution in [0.1, 0.15) is 0 Å². The van der Waals surface area contributed by atoms with E-state index in [9.17, 15) is 0 Å². The highest BCUT2D eigenvalue weighted by Crippen LogP contribution is 2.22. The first-order chi connectivity index (χ1) is 9.31. The number of hydrogen-bond acceptors (Lipinski definition) is 5. The highest BCUT2D eigenvalue weighted by atomic mass is 16.3. The fraction of sp³-hybridized carbons (Fsp3) is 0. The number of nitrogens with one attached hydrogen (secondary N) is 1. The van der Waals surface area contributed by atoms with Crippen molar-refractivity contribution in [2.24, 2.45) is 0 Å². The molecule has 0 atom stereocenters. The molecule has 94 valence electrons. The predicted octanol–water partition coefficient (Wildman–Crippen LogP) is 3.06. The second-order valence-electron chi connectivity index (χ2n) is 4.00. The van der Waals surface area contributed by atoms with E-state index in [4.69, 9.17) is 10.2 Å². The quantitative estimate of drug-likeness (QED) is 0.749. The molecule has 5 heteroatoms. The van der Waals surface area contributed by atoms with Crippen molar-refractivity contribution >= 4 is 17.5 Å². The van der Waals surface area contributed by atoms with Crippen molar-refractivity contribution in [2.45, 2.75) is 0 Å². The maximum atomic E-state index is 5.73. The van der Waals surface area contributed by atoms with Crippen molar-refractivity contribution in [3.63, 3.8) is 0 Å². The zero-order valence-electron chi connectivity index (χ0n) is 10.1. The average molecular weight is 252 g/mol. The molecule has 0 unspecified atom stereocenters. The summed E-state index contributed by atoms with van der Waals surface area (Å²) in [4.78, 5) is 8.35. The third-order valence-corrected chi connectivity index (χ3v) is 2.61. The molecule has 0 saturated carbocycles. The molecule has 19 heavy (non-hydrogen) atoms. The van der Waals surface area contributed by atoms with E-state index >= 15 is 0 Å². The van der Waals surface area contributed by atoms with Gasteiger partial charge in [0, 0.05) is 17.3 Å². The number of benzene rings is 1. The Morgan fingerprint density at radius 3 is 2.63 bits per heavy atom. The summed E-state index contributed by atoms with van der Waals surface area (Å²) in [5.74, 6) is 0.868. The van der Waals surface area contributed by atoms with Gasteiger partial charge in [0.15, 0.2) is 0 Å². The number of para-hydroxylation sites is 1. The first-order valence-electron chi connectivity index (χ1n) is 5.80. The standard InChI is InChI=1S/C14H12N4O/c15-14-17-12(10-6-7-19-9-10)8-13(18-14)16-11-4-2-1-3-5-11/h1-9H,(H3,15,16,17,18). The summed E-state index contributed by atoms with van der Waals surface area (Å²) in [6.45, 7) is 0. The SMILES string of the molecule is Nc1nc(Nc2ccccc2)cc(-c2ccoc2)n1. The lowest BCUT2D eigenvalue weighted by Gasteiger charge is -2.07. The maximum Gasteiger partial charge on any atom is 0.222 e. The molecule has 1 aromatic carbocycles. The van der Waals surface area contributed by atoms with Gasteiger partial charge in [0.1, 0.15) is 5.82 Å². The van der Waals surface area contributed by atoms with Gasteiger partial charge in [-0.3, -0.25) is 0 Å². The Balaban J connectivity index is 1.94. The summed E-state index contributed by atoms with van der Waals surface area (Å²) in [6, 6.07) is 13.4. The van der Waals surface area contributed by atoms with Crippen LogP contribution in [0.5, 0.6) is 0 Å². The molecule has 2 heterocycles. The number of nitrogen functional groups attached to an aromatic ring is 1. The van der Waals surface area contributed by atoms with Crippen LogP contribution in [0.2, 0.25) is 0 Å². The van der Waals surface area contributed by atoms with Crippen molar-refractivity contribution in [1.82, 2.24) is 9.97 Å². The number of anilines is 3. The lowest BCUT2D eigenvalue weighted by atomic mass is 10.2. The Morgan fingerprint density at radius 2 is 1.89 bits per heavy atom. The second kappa shape index (κ2) is 4.81. The first kappa shape index (κ1) is 11.3. The number of aromatic nitrogens is 2. The molecular weight excluding hydrogens is 240 g/mol. The number of rotatable bonds is 3. The fourth-order valence-corrected chi connectivity index (χ4v) is 1.76. The summed E-state index contributed by atoms with van der Waals surface area (Å²) in [5.41, 5.74) is 8.26. The Morgan fingerprint density at radius 1 is 1.05 bits per heavy atom. The predicted molar refractivity (Wildman–Crippen MR) is 73.9 cm³/mol. The first-order valence-corrected chi connectivity index (χ1v) is 5.80. The van der Waals surface area contributed by atoms with Gasteiger partial charge in [-0.1, -0.05) is 18.2 Å². The van der Waals surface area contributed by atoms with E-state index < -0.39 is 0 Å². The van der Waals surface area contributed by atoms with Crippen LogP contribution in [0.4, 0.5) is 17.5 Å². The molecule has 5 nitrogen and oxygen atoms in total. The third kappa shape index (κ3) is 2.55. The van der Waals surface area contributed by atoms with Crippen LogP contribution >= 0.6 is 0 Å². The van der Waals surface area contributed by atoms with Crippen LogP contribution < -0.4 is 11.1 Å². The van der Waals surface area contributed by atoms with Gasteiger partial charge in [0.05, 0.1) is 18.2 Å². The van der Waals surface area contributed by atoms with Crippen LogP contribution in [0.25, 0.3) is 11.3 Å². The minimum atomic E-state index is 0.220. The van der Waals surface area contributed by atoms with Gasteiger partial charge in [0.2, 0.25) is 5.95 Å². The van der Waals surface area contributed by atoms with Gasteiger partial charge in [-0.15, -0.1) is 0 Å². The molecular formula is C14H12N4O. The summed E-state index contributed by atoms with van der Waals surface area (Å²) in [5, 5.41) is 3.19. The molecule has 0 saturated heterocycles. The summed E-state index contributed by atoms with van der Waals surface area (Å²) in [7, 11) is 0. The minimum Gasteiger partial charge on any atom is -0.472 e. The van der Waals surface area contributed by atoms with Crippen molar-refractivity contribution in [2.75, 3.05) is 11.1 Å². The number of hydrogen-bond donors (Lipinski definition) is 2.